The van der Waals surface area contributed by atoms with Crippen LogP contribution in [0.5, 0.6) is 0 Å². The van der Waals surface area contributed by atoms with E-state index in [1.165, 1.54) is 29.7 Å². The number of nitrogens with one attached hydrogen (secondary N) is 1. The maximum absolute atomic E-state index is 3.45. The van der Waals surface area contributed by atoms with Gasteiger partial charge in [0.05, 0.1) is 0 Å². The molecule has 1 aromatic carbocycles. The van der Waals surface area contributed by atoms with E-state index in [-0.39, 0.29) is 17.8 Å². The number of aryl methyl sites for hydroxylation is 1. The van der Waals surface area contributed by atoms with E-state index in [0.29, 0.717) is 0 Å². The zero-order chi connectivity index (χ0) is 11.8. The quantitative estimate of drug-likeness (QED) is 0.803. The molecule has 0 spiro atoms. The molecule has 0 aromatic heterocycles. The number of hydrogen-bond donors (Lipinski definition) is 1. The van der Waals surface area contributed by atoms with Gasteiger partial charge in [0.2, 0.25) is 0 Å². The van der Waals surface area contributed by atoms with Crippen LogP contribution in [0.4, 0.5) is 0 Å². The van der Waals surface area contributed by atoms with Crippen LogP contribution in [0.25, 0.3) is 0 Å². The van der Waals surface area contributed by atoms with E-state index in [1.807, 2.05) is 0 Å². The van der Waals surface area contributed by atoms with Gasteiger partial charge in [0.15, 0.2) is 0 Å². The molecule has 1 unspecified atom stereocenters. The summed E-state index contributed by atoms with van der Waals surface area (Å²) in [6, 6.07) is 7.09. The Bertz CT molecular complexity index is 373. The van der Waals surface area contributed by atoms with Crippen LogP contribution in [0.3, 0.4) is 0 Å². The lowest BCUT2D eigenvalue weighted by Gasteiger charge is -2.22. The number of halogens is 1. The molecule has 1 aromatic rings. The summed E-state index contributed by atoms with van der Waals surface area (Å²) in [5.41, 5.74) is 4.64. The molecule has 1 fully saturated rings. The van der Waals surface area contributed by atoms with Crippen LogP contribution in [0.2, 0.25) is 0 Å². The predicted molar refractivity (Wildman–Crippen MR) is 77.4 cm³/mol. The van der Waals surface area contributed by atoms with E-state index in [0.717, 1.165) is 12.5 Å². The van der Waals surface area contributed by atoms with Gasteiger partial charge in [-0.25, -0.2) is 0 Å². The third kappa shape index (κ3) is 3.46. The summed E-state index contributed by atoms with van der Waals surface area (Å²) in [5.74, 6) is 0.723. The average molecular weight is 254 g/mol. The van der Waals surface area contributed by atoms with Crippen LogP contribution < -0.4 is 5.32 Å². The van der Waals surface area contributed by atoms with Crippen molar-refractivity contribution in [3.05, 3.63) is 34.9 Å². The van der Waals surface area contributed by atoms with Crippen molar-refractivity contribution in [2.24, 2.45) is 0 Å². The lowest BCUT2D eigenvalue weighted by atomic mass is 9.83. The van der Waals surface area contributed by atoms with Gasteiger partial charge in [0.25, 0.3) is 0 Å². The molecular formula is C15H24ClN. The summed E-state index contributed by atoms with van der Waals surface area (Å²) in [7, 11) is 0. The predicted octanol–water partition coefficient (Wildman–Crippen LogP) is 3.79. The summed E-state index contributed by atoms with van der Waals surface area (Å²) in [6.45, 7) is 11.4. The topological polar surface area (TPSA) is 12.0 Å². The van der Waals surface area contributed by atoms with Crippen molar-refractivity contribution >= 4 is 12.4 Å². The second kappa shape index (κ2) is 5.41. The second-order valence-corrected chi connectivity index (χ2v) is 6.07. The largest absolute Gasteiger partial charge is 0.316 e. The highest BCUT2D eigenvalue weighted by Gasteiger charge is 2.20. The molecule has 1 saturated heterocycles. The van der Waals surface area contributed by atoms with Gasteiger partial charge >= 0.3 is 0 Å². The van der Waals surface area contributed by atoms with Gasteiger partial charge in [-0.2, -0.15) is 0 Å². The first-order valence-corrected chi connectivity index (χ1v) is 6.29. The monoisotopic (exact) mass is 253 g/mol. The first-order valence-electron chi connectivity index (χ1n) is 6.29. The van der Waals surface area contributed by atoms with Crippen molar-refractivity contribution in [3.8, 4) is 0 Å². The van der Waals surface area contributed by atoms with Crippen LogP contribution in [-0.2, 0) is 5.41 Å². The molecule has 1 atom stereocenters. The smallest absolute Gasteiger partial charge is 0.00206 e. The van der Waals surface area contributed by atoms with Crippen LogP contribution >= 0.6 is 12.4 Å². The van der Waals surface area contributed by atoms with Crippen molar-refractivity contribution in [2.45, 2.75) is 45.4 Å². The fourth-order valence-electron chi connectivity index (χ4n) is 2.42. The van der Waals surface area contributed by atoms with Crippen LogP contribution in [0, 0.1) is 6.92 Å². The highest BCUT2D eigenvalue weighted by atomic mass is 35.5. The summed E-state index contributed by atoms with van der Waals surface area (Å²) >= 11 is 0. The second-order valence-electron chi connectivity index (χ2n) is 6.07. The molecule has 17 heavy (non-hydrogen) atoms. The van der Waals surface area contributed by atoms with Crippen LogP contribution in [0.1, 0.15) is 49.8 Å². The molecule has 0 bridgehead atoms. The molecule has 0 saturated carbocycles. The Hall–Kier alpha value is -0.530. The fraction of sp³-hybridized carbons (Fsp3) is 0.600. The van der Waals surface area contributed by atoms with E-state index in [4.69, 9.17) is 0 Å². The molecule has 1 nitrogen and oxygen atoms in total. The van der Waals surface area contributed by atoms with E-state index in [2.05, 4.69) is 51.2 Å². The lowest BCUT2D eigenvalue weighted by Crippen LogP contribution is -2.13. The molecule has 1 heterocycles. The maximum Gasteiger partial charge on any atom is 0.00206 e. The Labute approximate surface area is 111 Å². The number of hydrogen-bond acceptors (Lipinski definition) is 1. The first-order chi connectivity index (χ1) is 7.47. The Morgan fingerprint density at radius 2 is 1.88 bits per heavy atom. The fourth-order valence-corrected chi connectivity index (χ4v) is 2.42. The molecule has 0 radical (unpaired) electrons. The summed E-state index contributed by atoms with van der Waals surface area (Å²) in [6.07, 6.45) is 1.28. The molecule has 0 amide bonds. The Balaban J connectivity index is 0.00000144. The zero-order valence-electron chi connectivity index (χ0n) is 11.3. The standard InChI is InChI=1S/C15H23N.ClH/c1-11-7-13(12-5-6-16-10-12)9-14(8-11)15(2,3)4;/h7-9,12,16H,5-6,10H2,1-4H3;1H. The van der Waals surface area contributed by atoms with Gasteiger partial charge in [0.1, 0.15) is 0 Å². The van der Waals surface area contributed by atoms with Crippen molar-refractivity contribution in [1.82, 2.24) is 5.32 Å². The average Bonchev–Trinajstić information content (AvgIpc) is 2.68. The van der Waals surface area contributed by atoms with Crippen molar-refractivity contribution < 1.29 is 0 Å². The molecule has 1 aliphatic heterocycles. The van der Waals surface area contributed by atoms with Crippen LogP contribution in [0.15, 0.2) is 18.2 Å². The molecule has 1 N–H and O–H groups in total. The van der Waals surface area contributed by atoms with Gasteiger partial charge in [-0.05, 0) is 42.3 Å². The summed E-state index contributed by atoms with van der Waals surface area (Å²) in [5, 5.41) is 3.45. The van der Waals surface area contributed by atoms with E-state index in [9.17, 15) is 0 Å². The van der Waals surface area contributed by atoms with E-state index >= 15 is 0 Å². The summed E-state index contributed by atoms with van der Waals surface area (Å²) < 4.78 is 0. The van der Waals surface area contributed by atoms with Gasteiger partial charge in [-0.1, -0.05) is 44.5 Å². The normalized spacial score (nSPS) is 20.1. The molecular weight excluding hydrogens is 230 g/mol. The van der Waals surface area contributed by atoms with E-state index in [1.54, 1.807) is 0 Å². The maximum atomic E-state index is 3.45. The van der Waals surface area contributed by atoms with E-state index < -0.39 is 0 Å². The minimum absolute atomic E-state index is 0. The Kier molecular flexibility index (Phi) is 4.62. The van der Waals surface area contributed by atoms with Gasteiger partial charge in [0, 0.05) is 6.54 Å². The minimum atomic E-state index is 0. The lowest BCUT2D eigenvalue weighted by molar-refractivity contribution is 0.587. The molecule has 0 aliphatic carbocycles. The highest BCUT2D eigenvalue weighted by molar-refractivity contribution is 5.85. The minimum Gasteiger partial charge on any atom is -0.316 e. The van der Waals surface area contributed by atoms with Gasteiger partial charge in [-0.15, -0.1) is 12.4 Å². The molecule has 2 heteroatoms. The van der Waals surface area contributed by atoms with Crippen molar-refractivity contribution in [1.29, 1.82) is 0 Å². The summed E-state index contributed by atoms with van der Waals surface area (Å²) in [4.78, 5) is 0. The van der Waals surface area contributed by atoms with Crippen LogP contribution in [-0.4, -0.2) is 13.1 Å². The first kappa shape index (κ1) is 14.5. The molecule has 1 aliphatic rings. The van der Waals surface area contributed by atoms with Gasteiger partial charge in [-0.3, -0.25) is 0 Å². The highest BCUT2D eigenvalue weighted by Crippen LogP contribution is 2.29. The third-order valence-electron chi connectivity index (χ3n) is 3.50. The number of benzene rings is 1. The number of rotatable bonds is 1. The van der Waals surface area contributed by atoms with Gasteiger partial charge < -0.3 is 5.32 Å². The van der Waals surface area contributed by atoms with Crippen molar-refractivity contribution in [3.63, 3.8) is 0 Å². The molecule has 2 rings (SSSR count). The molecule has 96 valence electrons. The Morgan fingerprint density at radius 3 is 2.41 bits per heavy atom. The zero-order valence-corrected chi connectivity index (χ0v) is 12.2. The van der Waals surface area contributed by atoms with Crippen molar-refractivity contribution in [2.75, 3.05) is 13.1 Å². The SMILES string of the molecule is Cc1cc(C2CCNC2)cc(C(C)(C)C)c1.Cl. The Morgan fingerprint density at radius 1 is 1.18 bits per heavy atom. The third-order valence-corrected chi connectivity index (χ3v) is 3.50.